The van der Waals surface area contributed by atoms with Crippen molar-refractivity contribution in [1.82, 2.24) is 0 Å². The predicted octanol–water partition coefficient (Wildman–Crippen LogP) is 7.50. The molecule has 0 amide bonds. The third-order valence-corrected chi connectivity index (χ3v) is 5.69. The number of aliphatic hydroxyl groups is 2. The highest BCUT2D eigenvalue weighted by Crippen LogP contribution is 2.13. The number of hydrogen-bond donors (Lipinski definition) is 2. The van der Waals surface area contributed by atoms with Crippen molar-refractivity contribution in [3.8, 4) is 36.0 Å². The number of unbranched alkanes of at least 4 members (excludes halogenated alkanes) is 16. The van der Waals surface area contributed by atoms with Crippen LogP contribution in [0.25, 0.3) is 0 Å². The molecule has 0 saturated heterocycles. The number of aliphatic hydroxyl groups excluding tert-OH is 2. The van der Waals surface area contributed by atoms with Crippen LogP contribution in [0, 0.1) is 36.0 Å². The molecule has 0 rings (SSSR count). The maximum absolute atomic E-state index is 9.70. The molecule has 184 valence electrons. The average Bonchev–Trinajstić information content (AvgIpc) is 2.82. The highest BCUT2D eigenvalue weighted by molar-refractivity contribution is 5.27. The first kappa shape index (κ1) is 31.1. The van der Waals surface area contributed by atoms with Crippen LogP contribution < -0.4 is 0 Å². The van der Waals surface area contributed by atoms with E-state index in [2.05, 4.69) is 47.8 Å². The maximum Gasteiger partial charge on any atom is 0.115 e. The summed E-state index contributed by atoms with van der Waals surface area (Å²) in [5, 5.41) is 18.2. The molecule has 0 aromatic carbocycles. The molecule has 0 fully saturated rings. The van der Waals surface area contributed by atoms with Gasteiger partial charge >= 0.3 is 0 Å². The van der Waals surface area contributed by atoms with Crippen molar-refractivity contribution < 1.29 is 10.2 Å². The van der Waals surface area contributed by atoms with Crippen molar-refractivity contribution in [3.63, 3.8) is 0 Å². The quantitative estimate of drug-likeness (QED) is 0.107. The van der Waals surface area contributed by atoms with E-state index in [4.69, 9.17) is 11.5 Å². The fourth-order valence-corrected chi connectivity index (χ4v) is 3.73. The van der Waals surface area contributed by atoms with Crippen molar-refractivity contribution in [2.24, 2.45) is 0 Å². The highest BCUT2D eigenvalue weighted by atomic mass is 16.3. The predicted molar refractivity (Wildman–Crippen MR) is 143 cm³/mol. The molecule has 2 nitrogen and oxygen atoms in total. The van der Waals surface area contributed by atoms with Crippen molar-refractivity contribution >= 4 is 0 Å². The first-order valence-corrected chi connectivity index (χ1v) is 13.3. The Morgan fingerprint density at radius 1 is 0.606 bits per heavy atom. The van der Waals surface area contributed by atoms with E-state index in [1.165, 1.54) is 96.3 Å². The highest BCUT2D eigenvalue weighted by Gasteiger charge is 1.98. The van der Waals surface area contributed by atoms with Crippen molar-refractivity contribution in [2.75, 3.05) is 6.61 Å². The average molecular weight is 453 g/mol. The molecule has 0 aromatic rings. The van der Waals surface area contributed by atoms with Gasteiger partial charge in [0, 0.05) is 0 Å². The molecule has 0 aromatic heterocycles. The molecule has 0 unspecified atom stereocenters. The van der Waals surface area contributed by atoms with Crippen molar-refractivity contribution in [2.45, 2.75) is 128 Å². The monoisotopic (exact) mass is 452 g/mol. The Kier molecular flexibility index (Phi) is 26.5. The summed E-state index contributed by atoms with van der Waals surface area (Å²) in [5.74, 6) is 12.8. The fraction of sp³-hybridized carbons (Fsp3) is 0.677. The summed E-state index contributed by atoms with van der Waals surface area (Å²) in [6.45, 7) is -0.184. The van der Waals surface area contributed by atoms with Crippen LogP contribution in [0.3, 0.4) is 0 Å². The molecule has 0 bridgehead atoms. The Bertz CT molecular complexity index is 630. The van der Waals surface area contributed by atoms with Gasteiger partial charge in [-0.25, -0.2) is 0 Å². The van der Waals surface area contributed by atoms with Gasteiger partial charge in [0.15, 0.2) is 0 Å². The van der Waals surface area contributed by atoms with Gasteiger partial charge in [0.2, 0.25) is 0 Å². The van der Waals surface area contributed by atoms with Crippen LogP contribution in [-0.2, 0) is 0 Å². The maximum atomic E-state index is 9.70. The van der Waals surface area contributed by atoms with Gasteiger partial charge in [-0.05, 0) is 69.3 Å². The summed E-state index contributed by atoms with van der Waals surface area (Å²) >= 11 is 0. The summed E-state index contributed by atoms with van der Waals surface area (Å²) < 4.78 is 0. The molecule has 1 atom stereocenters. The number of rotatable bonds is 21. The SMILES string of the molecule is C#C/C=C\CCCCCCCCCC/C=C\CCCCCCCCC[C@@H](O)C#CC#CCO. The smallest absolute Gasteiger partial charge is 0.115 e. The van der Waals surface area contributed by atoms with Crippen LogP contribution >= 0.6 is 0 Å². The van der Waals surface area contributed by atoms with Crippen LogP contribution in [0.1, 0.15) is 122 Å². The van der Waals surface area contributed by atoms with E-state index < -0.39 is 6.10 Å². The molecular weight excluding hydrogens is 404 g/mol. The number of hydrogen-bond acceptors (Lipinski definition) is 2. The van der Waals surface area contributed by atoms with Crippen molar-refractivity contribution in [1.29, 1.82) is 0 Å². The van der Waals surface area contributed by atoms with Crippen LogP contribution in [0.4, 0.5) is 0 Å². The Morgan fingerprint density at radius 2 is 1.06 bits per heavy atom. The lowest BCUT2D eigenvalue weighted by atomic mass is 10.0. The minimum Gasteiger partial charge on any atom is -0.384 e. The van der Waals surface area contributed by atoms with E-state index in [9.17, 15) is 5.11 Å². The molecule has 33 heavy (non-hydrogen) atoms. The minimum atomic E-state index is -0.590. The van der Waals surface area contributed by atoms with E-state index >= 15 is 0 Å². The zero-order valence-corrected chi connectivity index (χ0v) is 21.0. The summed E-state index contributed by atoms with van der Waals surface area (Å²) in [5.41, 5.74) is 0. The molecule has 0 radical (unpaired) electrons. The molecule has 0 saturated carbocycles. The zero-order chi connectivity index (χ0) is 24.1. The van der Waals surface area contributed by atoms with Gasteiger partial charge in [-0.2, -0.15) is 0 Å². The fourth-order valence-electron chi connectivity index (χ4n) is 3.73. The van der Waals surface area contributed by atoms with Gasteiger partial charge in [-0.3, -0.25) is 0 Å². The molecule has 2 heteroatoms. The topological polar surface area (TPSA) is 40.5 Å². The lowest BCUT2D eigenvalue weighted by Gasteiger charge is -2.03. The molecule has 0 spiro atoms. The lowest BCUT2D eigenvalue weighted by Crippen LogP contribution is -2.01. The summed E-state index contributed by atoms with van der Waals surface area (Å²) in [6.07, 6.45) is 37.0. The van der Waals surface area contributed by atoms with Gasteiger partial charge < -0.3 is 10.2 Å². The van der Waals surface area contributed by atoms with E-state index in [0.717, 1.165) is 19.3 Å². The Morgan fingerprint density at radius 3 is 1.55 bits per heavy atom. The van der Waals surface area contributed by atoms with E-state index in [0.29, 0.717) is 6.42 Å². The Hall–Kier alpha value is -1.92. The molecule has 0 aliphatic heterocycles. The van der Waals surface area contributed by atoms with E-state index in [1.807, 2.05) is 6.08 Å². The van der Waals surface area contributed by atoms with Crippen LogP contribution in [0.2, 0.25) is 0 Å². The number of allylic oxidation sites excluding steroid dienone is 4. The summed E-state index contributed by atoms with van der Waals surface area (Å²) in [4.78, 5) is 0. The molecule has 0 aliphatic carbocycles. The normalized spacial score (nSPS) is 11.7. The molecular formula is C31H48O2. The standard InChI is InChI=1S/C31H48O2/c1-2-3-4-5-6-7-8-9-10-11-12-13-14-15-16-17-18-19-20-21-22-23-25-28-31(33)29-26-24-27-30-32/h1,3-4,15-16,31-33H,5-14,17-23,25,28,30H2/b4-3-,16-15-/t31-/m1/s1. The minimum absolute atomic E-state index is 0.184. The summed E-state index contributed by atoms with van der Waals surface area (Å²) in [7, 11) is 0. The Balaban J connectivity index is 3.25. The van der Waals surface area contributed by atoms with Gasteiger partial charge in [0.05, 0.1) is 0 Å². The van der Waals surface area contributed by atoms with Gasteiger partial charge in [0.25, 0.3) is 0 Å². The van der Waals surface area contributed by atoms with Gasteiger partial charge in [-0.1, -0.05) is 107 Å². The Labute approximate surface area is 205 Å². The second-order valence-electron chi connectivity index (χ2n) is 8.74. The molecule has 0 aliphatic rings. The lowest BCUT2D eigenvalue weighted by molar-refractivity contribution is 0.217. The van der Waals surface area contributed by atoms with Crippen molar-refractivity contribution in [3.05, 3.63) is 24.3 Å². The van der Waals surface area contributed by atoms with Gasteiger partial charge in [-0.15, -0.1) is 6.42 Å². The third-order valence-electron chi connectivity index (χ3n) is 5.69. The van der Waals surface area contributed by atoms with Crippen LogP contribution in [0.5, 0.6) is 0 Å². The first-order valence-electron chi connectivity index (χ1n) is 13.3. The first-order chi connectivity index (χ1) is 16.3. The van der Waals surface area contributed by atoms with E-state index in [-0.39, 0.29) is 6.61 Å². The van der Waals surface area contributed by atoms with Gasteiger partial charge in [0.1, 0.15) is 12.7 Å². The summed E-state index contributed by atoms with van der Waals surface area (Å²) in [6, 6.07) is 0. The number of terminal acetylenes is 1. The van der Waals surface area contributed by atoms with E-state index in [1.54, 1.807) is 0 Å². The van der Waals surface area contributed by atoms with Crippen LogP contribution in [0.15, 0.2) is 24.3 Å². The largest absolute Gasteiger partial charge is 0.384 e. The second-order valence-corrected chi connectivity index (χ2v) is 8.74. The third kappa shape index (κ3) is 28.0. The van der Waals surface area contributed by atoms with Crippen LogP contribution in [-0.4, -0.2) is 22.9 Å². The molecule has 0 heterocycles. The zero-order valence-electron chi connectivity index (χ0n) is 21.0. The second kappa shape index (κ2) is 28.1. The molecule has 2 N–H and O–H groups in total.